The molecule has 0 aliphatic carbocycles. The summed E-state index contributed by atoms with van der Waals surface area (Å²) in [5, 5.41) is 0. The fourth-order valence-corrected chi connectivity index (χ4v) is 4.50. The number of methoxy groups -OCH3 is 1. The van der Waals surface area contributed by atoms with Gasteiger partial charge in [0.25, 0.3) is 0 Å². The van der Waals surface area contributed by atoms with Crippen molar-refractivity contribution in [2.75, 3.05) is 33.1 Å². The van der Waals surface area contributed by atoms with Crippen molar-refractivity contribution in [3.05, 3.63) is 57.8 Å². The third-order valence-corrected chi connectivity index (χ3v) is 6.48. The van der Waals surface area contributed by atoms with Gasteiger partial charge in [-0.3, -0.25) is 4.79 Å². The predicted molar refractivity (Wildman–Crippen MR) is 113 cm³/mol. The summed E-state index contributed by atoms with van der Waals surface area (Å²) < 4.78 is 30.5. The monoisotopic (exact) mass is 424 g/mol. The molecule has 0 saturated heterocycles. The molecule has 0 aliphatic heterocycles. The molecule has 0 bridgehead atoms. The number of hydrogen-bond acceptors (Lipinski definition) is 5. The van der Waals surface area contributed by atoms with Crippen LogP contribution in [0, 0.1) is 6.92 Å². The highest BCUT2D eigenvalue weighted by Crippen LogP contribution is 2.19. The Morgan fingerprint density at radius 3 is 2.39 bits per heavy atom. The van der Waals surface area contributed by atoms with Gasteiger partial charge in [0.1, 0.15) is 0 Å². The summed E-state index contributed by atoms with van der Waals surface area (Å²) in [6.07, 6.45) is 1.68. The van der Waals surface area contributed by atoms with Gasteiger partial charge in [0.15, 0.2) is 0 Å². The smallest absolute Gasteiger partial charge is 0.238 e. The van der Waals surface area contributed by atoms with Gasteiger partial charge in [0.05, 0.1) is 19.3 Å². The zero-order valence-corrected chi connectivity index (χ0v) is 18.3. The molecule has 1 heterocycles. The summed E-state index contributed by atoms with van der Waals surface area (Å²) in [7, 11) is -1.91. The first-order chi connectivity index (χ1) is 13.3. The van der Waals surface area contributed by atoms with Crippen molar-refractivity contribution < 1.29 is 17.9 Å². The zero-order valence-electron chi connectivity index (χ0n) is 16.6. The van der Waals surface area contributed by atoms with E-state index in [9.17, 15) is 13.2 Å². The number of hydrogen-bond donors (Lipinski definition) is 0. The highest BCUT2D eigenvalue weighted by molar-refractivity contribution is 7.88. The molecule has 1 aromatic heterocycles. The number of ether oxygens (including phenoxy) is 1. The van der Waals surface area contributed by atoms with Crippen LogP contribution >= 0.6 is 11.3 Å². The Hall–Kier alpha value is -1.74. The maximum atomic E-state index is 13.0. The summed E-state index contributed by atoms with van der Waals surface area (Å²) in [4.78, 5) is 17.0. The van der Waals surface area contributed by atoms with Crippen molar-refractivity contribution in [1.29, 1.82) is 0 Å². The first kappa shape index (κ1) is 22.5. The molecular weight excluding hydrogens is 396 g/mol. The molecule has 0 N–H and O–H groups in total. The maximum absolute atomic E-state index is 13.0. The van der Waals surface area contributed by atoms with E-state index in [1.54, 1.807) is 23.3 Å². The van der Waals surface area contributed by atoms with Crippen molar-refractivity contribution in [2.45, 2.75) is 26.4 Å². The van der Waals surface area contributed by atoms with Crippen molar-refractivity contribution >= 4 is 27.3 Å². The number of sulfonamides is 1. The number of thiophene rings is 1. The Morgan fingerprint density at radius 1 is 1.11 bits per heavy atom. The number of carbonyl (C=O) groups excluding carboxylic acids is 1. The molecule has 2 rings (SSSR count). The Kier molecular flexibility index (Phi) is 8.62. The van der Waals surface area contributed by atoms with E-state index in [2.05, 4.69) is 0 Å². The zero-order chi connectivity index (χ0) is 20.6. The van der Waals surface area contributed by atoms with Crippen LogP contribution < -0.4 is 0 Å². The Labute approximate surface area is 171 Å². The highest BCUT2D eigenvalue weighted by atomic mass is 32.2. The number of aryl methyl sites for hydroxylation is 1. The standard InChI is InChI=1S/C20H28N2O4S2/c1-17-10-11-19(27-17)15-21(14-18-8-5-4-6-9-18)20(23)16-22(28(3,24)25)12-7-13-26-2/h4-6,8-11H,7,12-16H2,1-3H3. The van der Waals surface area contributed by atoms with Crippen LogP contribution in [-0.4, -0.2) is 56.6 Å². The van der Waals surface area contributed by atoms with Crippen LogP contribution in [0.25, 0.3) is 0 Å². The second-order valence-electron chi connectivity index (χ2n) is 6.69. The summed E-state index contributed by atoms with van der Waals surface area (Å²) >= 11 is 1.64. The van der Waals surface area contributed by atoms with Crippen molar-refractivity contribution in [3.63, 3.8) is 0 Å². The van der Waals surface area contributed by atoms with E-state index in [1.165, 1.54) is 9.18 Å². The van der Waals surface area contributed by atoms with Gasteiger partial charge in [-0.05, 0) is 31.0 Å². The molecule has 0 atom stereocenters. The number of nitrogens with zero attached hydrogens (tertiary/aromatic N) is 2. The van der Waals surface area contributed by atoms with Gasteiger partial charge in [-0.2, -0.15) is 4.31 Å². The summed E-state index contributed by atoms with van der Waals surface area (Å²) in [6, 6.07) is 13.8. The van der Waals surface area contributed by atoms with Crippen LogP contribution in [0.15, 0.2) is 42.5 Å². The average molecular weight is 425 g/mol. The van der Waals surface area contributed by atoms with Crippen LogP contribution in [0.4, 0.5) is 0 Å². The van der Waals surface area contributed by atoms with E-state index in [1.807, 2.05) is 49.4 Å². The van der Waals surface area contributed by atoms with Crippen LogP contribution in [-0.2, 0) is 32.6 Å². The first-order valence-electron chi connectivity index (χ1n) is 9.10. The van der Waals surface area contributed by atoms with Gasteiger partial charge >= 0.3 is 0 Å². The number of rotatable bonds is 11. The molecule has 6 nitrogen and oxygen atoms in total. The molecule has 1 amide bonds. The van der Waals surface area contributed by atoms with Crippen LogP contribution in [0.5, 0.6) is 0 Å². The molecule has 0 aliphatic rings. The Morgan fingerprint density at radius 2 is 1.82 bits per heavy atom. The average Bonchev–Trinajstić information content (AvgIpc) is 3.05. The minimum atomic E-state index is -3.48. The van der Waals surface area contributed by atoms with Gasteiger partial charge < -0.3 is 9.64 Å². The molecule has 0 unspecified atom stereocenters. The quantitative estimate of drug-likeness (QED) is 0.520. The van der Waals surface area contributed by atoms with Crippen LogP contribution in [0.2, 0.25) is 0 Å². The lowest BCUT2D eigenvalue weighted by atomic mass is 10.2. The van der Waals surface area contributed by atoms with E-state index < -0.39 is 10.0 Å². The van der Waals surface area contributed by atoms with E-state index in [0.29, 0.717) is 26.1 Å². The van der Waals surface area contributed by atoms with E-state index >= 15 is 0 Å². The minimum Gasteiger partial charge on any atom is -0.385 e. The minimum absolute atomic E-state index is 0.167. The third kappa shape index (κ3) is 7.35. The summed E-state index contributed by atoms with van der Waals surface area (Å²) in [6.45, 7) is 3.46. The number of carbonyl (C=O) groups is 1. The van der Waals surface area contributed by atoms with E-state index in [-0.39, 0.29) is 19.0 Å². The van der Waals surface area contributed by atoms with Crippen molar-refractivity contribution in [3.8, 4) is 0 Å². The molecule has 0 fully saturated rings. The molecule has 0 spiro atoms. The molecule has 0 saturated carbocycles. The molecule has 1 aromatic carbocycles. The van der Waals surface area contributed by atoms with Gasteiger partial charge in [0.2, 0.25) is 15.9 Å². The SMILES string of the molecule is COCCCN(CC(=O)N(Cc1ccccc1)Cc1ccc(C)s1)S(C)(=O)=O. The molecule has 0 radical (unpaired) electrons. The lowest BCUT2D eigenvalue weighted by Crippen LogP contribution is -2.42. The van der Waals surface area contributed by atoms with Crippen molar-refractivity contribution in [1.82, 2.24) is 9.21 Å². The molecule has 2 aromatic rings. The predicted octanol–water partition coefficient (Wildman–Crippen LogP) is 2.88. The van der Waals surface area contributed by atoms with E-state index in [0.717, 1.165) is 16.7 Å². The maximum Gasteiger partial charge on any atom is 0.238 e. The van der Waals surface area contributed by atoms with Crippen LogP contribution in [0.1, 0.15) is 21.7 Å². The summed E-state index contributed by atoms with van der Waals surface area (Å²) in [5.74, 6) is -0.210. The number of amides is 1. The topological polar surface area (TPSA) is 66.9 Å². The molecule has 28 heavy (non-hydrogen) atoms. The molecular formula is C20H28N2O4S2. The van der Waals surface area contributed by atoms with Gasteiger partial charge in [-0.25, -0.2) is 8.42 Å². The fraction of sp³-hybridized carbons (Fsp3) is 0.450. The largest absolute Gasteiger partial charge is 0.385 e. The highest BCUT2D eigenvalue weighted by Gasteiger charge is 2.24. The van der Waals surface area contributed by atoms with Crippen LogP contribution in [0.3, 0.4) is 0 Å². The normalized spacial score (nSPS) is 11.7. The van der Waals surface area contributed by atoms with Gasteiger partial charge in [-0.1, -0.05) is 30.3 Å². The molecule has 8 heteroatoms. The number of benzene rings is 1. The molecule has 154 valence electrons. The van der Waals surface area contributed by atoms with E-state index in [4.69, 9.17) is 4.74 Å². The summed E-state index contributed by atoms with van der Waals surface area (Å²) in [5.41, 5.74) is 1.01. The van der Waals surface area contributed by atoms with Crippen molar-refractivity contribution in [2.24, 2.45) is 0 Å². The third-order valence-electron chi connectivity index (χ3n) is 4.25. The lowest BCUT2D eigenvalue weighted by molar-refractivity contribution is -0.132. The fourth-order valence-electron chi connectivity index (χ4n) is 2.79. The second-order valence-corrected chi connectivity index (χ2v) is 10.0. The Balaban J connectivity index is 2.15. The van der Waals surface area contributed by atoms with Gasteiger partial charge in [0, 0.05) is 36.6 Å². The Bertz CT molecular complexity index is 850. The first-order valence-corrected chi connectivity index (χ1v) is 11.8. The second kappa shape index (κ2) is 10.7. The van der Waals surface area contributed by atoms with Gasteiger partial charge in [-0.15, -0.1) is 11.3 Å². The lowest BCUT2D eigenvalue weighted by Gasteiger charge is -2.26.